The van der Waals surface area contributed by atoms with Crippen LogP contribution in [0.2, 0.25) is 0 Å². The molecule has 0 atom stereocenters. The van der Waals surface area contributed by atoms with E-state index in [1.54, 1.807) is 0 Å². The maximum absolute atomic E-state index is 9.12. The summed E-state index contributed by atoms with van der Waals surface area (Å²) in [4.78, 5) is 9.12. The van der Waals surface area contributed by atoms with Crippen LogP contribution >= 0.6 is 0 Å². The monoisotopic (exact) mass is 190 g/mol. The minimum Gasteiger partial charge on any atom is -0.480 e. The fraction of sp³-hybridized carbons (Fsp3) is 0.625. The summed E-state index contributed by atoms with van der Waals surface area (Å²) in [5.74, 6) is -1.19. The van der Waals surface area contributed by atoms with Gasteiger partial charge < -0.3 is 21.3 Å². The Kier molecular flexibility index (Phi) is 15.4. The molecular formula is C8H18N2O3. The molecule has 13 heavy (non-hydrogen) atoms. The van der Waals surface area contributed by atoms with E-state index in [1.165, 1.54) is 0 Å². The number of rotatable bonds is 6. The van der Waals surface area contributed by atoms with Crippen LogP contribution < -0.4 is 11.1 Å². The molecule has 0 bridgehead atoms. The van der Waals surface area contributed by atoms with E-state index in [4.69, 9.17) is 20.7 Å². The second-order valence-corrected chi connectivity index (χ2v) is 2.19. The summed E-state index contributed by atoms with van der Waals surface area (Å²) in [7, 11) is 0. The van der Waals surface area contributed by atoms with Crippen molar-refractivity contribution in [1.29, 1.82) is 0 Å². The molecule has 0 fully saturated rings. The van der Waals surface area contributed by atoms with Gasteiger partial charge in [-0.05, 0) is 19.5 Å². The summed E-state index contributed by atoms with van der Waals surface area (Å²) in [6.07, 6.45) is 2.89. The summed E-state index contributed by atoms with van der Waals surface area (Å²) in [6, 6.07) is 0. The molecule has 0 radical (unpaired) electrons. The van der Waals surface area contributed by atoms with Crippen LogP contribution in [0.5, 0.6) is 0 Å². The van der Waals surface area contributed by atoms with E-state index in [1.807, 2.05) is 6.08 Å². The first-order chi connectivity index (χ1) is 6.18. The van der Waals surface area contributed by atoms with Crippen molar-refractivity contribution in [1.82, 2.24) is 5.32 Å². The Morgan fingerprint density at radius 2 is 2.15 bits per heavy atom. The lowest BCUT2D eigenvalue weighted by molar-refractivity contribution is -0.140. The van der Waals surface area contributed by atoms with E-state index < -0.39 is 12.6 Å². The standard InChI is InChI=1S/C6H14N2.C2H4O3/c1-2-5-8-6-3-4-7;3-1-2(4)5/h2,8H,1,3-7H2;3H,1H2,(H,4,5). The highest BCUT2D eigenvalue weighted by Crippen LogP contribution is 1.67. The predicted molar refractivity (Wildman–Crippen MR) is 51.5 cm³/mol. The van der Waals surface area contributed by atoms with E-state index >= 15 is 0 Å². The summed E-state index contributed by atoms with van der Waals surface area (Å²) < 4.78 is 0. The quantitative estimate of drug-likeness (QED) is 0.324. The molecule has 78 valence electrons. The SMILES string of the molecule is C=CCNCCCN.O=C(O)CO. The third kappa shape index (κ3) is 24.7. The van der Waals surface area contributed by atoms with Crippen molar-refractivity contribution < 1.29 is 15.0 Å². The van der Waals surface area contributed by atoms with Gasteiger partial charge in [-0.3, -0.25) is 0 Å². The average Bonchev–Trinajstić information content (AvgIpc) is 2.14. The molecule has 0 aliphatic carbocycles. The molecule has 5 heteroatoms. The van der Waals surface area contributed by atoms with Crippen LogP contribution in [0.3, 0.4) is 0 Å². The third-order valence-electron chi connectivity index (χ3n) is 0.982. The molecule has 5 nitrogen and oxygen atoms in total. The molecule has 5 N–H and O–H groups in total. The molecule has 0 aliphatic rings. The second-order valence-electron chi connectivity index (χ2n) is 2.19. The van der Waals surface area contributed by atoms with Crippen molar-refractivity contribution in [2.24, 2.45) is 5.73 Å². The normalized spacial score (nSPS) is 8.46. The number of nitrogens with one attached hydrogen (secondary N) is 1. The fourth-order valence-electron chi connectivity index (χ4n) is 0.431. The number of aliphatic hydroxyl groups is 1. The van der Waals surface area contributed by atoms with Crippen molar-refractivity contribution in [3.63, 3.8) is 0 Å². The van der Waals surface area contributed by atoms with E-state index in [2.05, 4.69) is 11.9 Å². The van der Waals surface area contributed by atoms with Crippen molar-refractivity contribution in [3.8, 4) is 0 Å². The van der Waals surface area contributed by atoms with Gasteiger partial charge in [0.05, 0.1) is 0 Å². The van der Waals surface area contributed by atoms with Crippen LogP contribution in [-0.4, -0.2) is 42.4 Å². The lowest BCUT2D eigenvalue weighted by Crippen LogP contribution is -2.17. The summed E-state index contributed by atoms with van der Waals surface area (Å²) >= 11 is 0. The van der Waals surface area contributed by atoms with Crippen molar-refractivity contribution in [3.05, 3.63) is 12.7 Å². The highest BCUT2D eigenvalue weighted by Gasteiger charge is 1.82. The van der Waals surface area contributed by atoms with Gasteiger partial charge in [0.1, 0.15) is 6.61 Å². The maximum Gasteiger partial charge on any atom is 0.329 e. The summed E-state index contributed by atoms with van der Waals surface area (Å²) in [5, 5.41) is 18.2. The molecule has 0 aromatic heterocycles. The number of carboxylic acid groups (broad SMARTS) is 1. The molecule has 0 amide bonds. The minimum atomic E-state index is -1.19. The molecular weight excluding hydrogens is 172 g/mol. The number of carbonyl (C=O) groups is 1. The van der Waals surface area contributed by atoms with Crippen LogP contribution in [0.25, 0.3) is 0 Å². The lowest BCUT2D eigenvalue weighted by Gasteiger charge is -1.96. The fourth-order valence-corrected chi connectivity index (χ4v) is 0.431. The van der Waals surface area contributed by atoms with E-state index in [0.29, 0.717) is 0 Å². The molecule has 0 saturated carbocycles. The molecule has 0 heterocycles. The Hall–Kier alpha value is -0.910. The molecule has 0 rings (SSSR count). The zero-order valence-corrected chi connectivity index (χ0v) is 7.70. The number of hydrogen-bond donors (Lipinski definition) is 4. The number of carboxylic acids is 1. The number of aliphatic carboxylic acids is 1. The smallest absolute Gasteiger partial charge is 0.329 e. The Morgan fingerprint density at radius 3 is 2.46 bits per heavy atom. The van der Waals surface area contributed by atoms with Crippen LogP contribution in [0.4, 0.5) is 0 Å². The number of hydrogen-bond acceptors (Lipinski definition) is 4. The van der Waals surface area contributed by atoms with Crippen LogP contribution in [0, 0.1) is 0 Å². The van der Waals surface area contributed by atoms with Gasteiger partial charge in [0.2, 0.25) is 0 Å². The van der Waals surface area contributed by atoms with Gasteiger partial charge in [-0.2, -0.15) is 0 Å². The average molecular weight is 190 g/mol. The Morgan fingerprint density at radius 1 is 1.62 bits per heavy atom. The van der Waals surface area contributed by atoms with E-state index in [0.717, 1.165) is 26.1 Å². The van der Waals surface area contributed by atoms with Gasteiger partial charge in [0.15, 0.2) is 0 Å². The van der Waals surface area contributed by atoms with Crippen LogP contribution in [0.1, 0.15) is 6.42 Å². The Labute approximate surface area is 78.2 Å². The van der Waals surface area contributed by atoms with Gasteiger partial charge in [-0.25, -0.2) is 4.79 Å². The van der Waals surface area contributed by atoms with Gasteiger partial charge in [-0.1, -0.05) is 6.08 Å². The molecule has 0 aliphatic heterocycles. The third-order valence-corrected chi connectivity index (χ3v) is 0.982. The first kappa shape index (κ1) is 14.6. The first-order valence-corrected chi connectivity index (χ1v) is 4.03. The maximum atomic E-state index is 9.12. The largest absolute Gasteiger partial charge is 0.480 e. The topological polar surface area (TPSA) is 95.6 Å². The Bertz CT molecular complexity index is 129. The summed E-state index contributed by atoms with van der Waals surface area (Å²) in [6.45, 7) is 5.45. The molecule has 0 aromatic carbocycles. The van der Waals surface area contributed by atoms with Crippen molar-refractivity contribution in [2.45, 2.75) is 6.42 Å². The van der Waals surface area contributed by atoms with Gasteiger partial charge in [0, 0.05) is 6.54 Å². The van der Waals surface area contributed by atoms with Crippen molar-refractivity contribution >= 4 is 5.97 Å². The van der Waals surface area contributed by atoms with E-state index in [9.17, 15) is 0 Å². The predicted octanol–water partition coefficient (Wildman–Crippen LogP) is -0.826. The van der Waals surface area contributed by atoms with Gasteiger partial charge in [0.25, 0.3) is 0 Å². The van der Waals surface area contributed by atoms with E-state index in [-0.39, 0.29) is 0 Å². The summed E-state index contributed by atoms with van der Waals surface area (Å²) in [5.41, 5.74) is 5.24. The van der Waals surface area contributed by atoms with Gasteiger partial charge >= 0.3 is 5.97 Å². The highest BCUT2D eigenvalue weighted by atomic mass is 16.4. The first-order valence-electron chi connectivity index (χ1n) is 4.03. The minimum absolute atomic E-state index is 0.768. The molecule has 0 spiro atoms. The lowest BCUT2D eigenvalue weighted by atomic mass is 10.4. The zero-order valence-electron chi connectivity index (χ0n) is 7.70. The molecule has 0 unspecified atom stereocenters. The highest BCUT2D eigenvalue weighted by molar-refractivity contribution is 5.67. The zero-order chi connectivity index (χ0) is 10.5. The van der Waals surface area contributed by atoms with Gasteiger partial charge in [-0.15, -0.1) is 6.58 Å². The van der Waals surface area contributed by atoms with Crippen LogP contribution in [-0.2, 0) is 4.79 Å². The van der Waals surface area contributed by atoms with Crippen LogP contribution in [0.15, 0.2) is 12.7 Å². The molecule has 0 aromatic rings. The second kappa shape index (κ2) is 13.7. The Balaban J connectivity index is 0. The number of aliphatic hydroxyl groups excluding tert-OH is 1. The molecule has 0 saturated heterocycles. The number of nitrogens with two attached hydrogens (primary N) is 1. The van der Waals surface area contributed by atoms with Crippen molar-refractivity contribution in [2.75, 3.05) is 26.2 Å².